The standard InChI is InChI=1S/C18H17FN2OS/c1-11-7-15-17(23-11)9-16(18(22)20-14-5-6-14)21(15)10-12-3-2-4-13(19)8-12/h2-4,7-9,14H,5-6,10H2,1H3,(H,20,22). The predicted octanol–water partition coefficient (Wildman–Crippen LogP) is 4.09. The maximum atomic E-state index is 13.5. The highest BCUT2D eigenvalue weighted by molar-refractivity contribution is 7.19. The lowest BCUT2D eigenvalue weighted by atomic mass is 10.2. The number of fused-ring (bicyclic) bond motifs is 1. The molecule has 118 valence electrons. The van der Waals surface area contributed by atoms with Gasteiger partial charge in [0.25, 0.3) is 5.91 Å². The van der Waals surface area contributed by atoms with E-state index in [1.54, 1.807) is 17.4 Å². The Morgan fingerprint density at radius 3 is 2.91 bits per heavy atom. The number of nitrogens with zero attached hydrogens (tertiary/aromatic N) is 1. The molecule has 23 heavy (non-hydrogen) atoms. The van der Waals surface area contributed by atoms with Gasteiger partial charge < -0.3 is 9.88 Å². The zero-order valence-electron chi connectivity index (χ0n) is 12.8. The van der Waals surface area contributed by atoms with Gasteiger partial charge in [-0.25, -0.2) is 4.39 Å². The second-order valence-corrected chi connectivity index (χ2v) is 7.39. The number of nitrogens with one attached hydrogen (secondary N) is 1. The quantitative estimate of drug-likeness (QED) is 0.769. The number of amides is 1. The van der Waals surface area contributed by atoms with E-state index in [4.69, 9.17) is 0 Å². The monoisotopic (exact) mass is 328 g/mol. The van der Waals surface area contributed by atoms with E-state index in [0.29, 0.717) is 18.3 Å². The van der Waals surface area contributed by atoms with E-state index < -0.39 is 0 Å². The molecule has 1 amide bonds. The molecule has 3 aromatic rings. The summed E-state index contributed by atoms with van der Waals surface area (Å²) in [6.07, 6.45) is 2.12. The van der Waals surface area contributed by atoms with E-state index in [0.717, 1.165) is 28.6 Å². The molecule has 1 N–H and O–H groups in total. The zero-order chi connectivity index (χ0) is 16.0. The molecule has 4 rings (SSSR count). The van der Waals surface area contributed by atoms with Crippen molar-refractivity contribution in [2.24, 2.45) is 0 Å². The number of benzene rings is 1. The van der Waals surface area contributed by atoms with Gasteiger partial charge in [-0.2, -0.15) is 0 Å². The average Bonchev–Trinajstić information content (AvgIpc) is 3.15. The minimum Gasteiger partial charge on any atom is -0.348 e. The van der Waals surface area contributed by atoms with Crippen molar-refractivity contribution in [3.63, 3.8) is 0 Å². The first-order valence-electron chi connectivity index (χ1n) is 7.75. The van der Waals surface area contributed by atoms with Gasteiger partial charge in [-0.3, -0.25) is 4.79 Å². The van der Waals surface area contributed by atoms with Crippen molar-refractivity contribution in [1.29, 1.82) is 0 Å². The van der Waals surface area contributed by atoms with E-state index in [2.05, 4.69) is 18.3 Å². The summed E-state index contributed by atoms with van der Waals surface area (Å²) in [4.78, 5) is 13.7. The first kappa shape index (κ1) is 14.5. The Morgan fingerprint density at radius 1 is 1.35 bits per heavy atom. The largest absolute Gasteiger partial charge is 0.348 e. The zero-order valence-corrected chi connectivity index (χ0v) is 13.6. The molecular weight excluding hydrogens is 311 g/mol. The van der Waals surface area contributed by atoms with Gasteiger partial charge in [0.15, 0.2) is 0 Å². The number of halogens is 1. The Morgan fingerprint density at radius 2 is 2.17 bits per heavy atom. The molecule has 0 aliphatic heterocycles. The molecule has 0 bridgehead atoms. The molecule has 1 saturated carbocycles. The summed E-state index contributed by atoms with van der Waals surface area (Å²) in [6, 6.07) is 10.9. The van der Waals surface area contributed by atoms with Gasteiger partial charge in [-0.15, -0.1) is 11.3 Å². The van der Waals surface area contributed by atoms with Crippen molar-refractivity contribution in [2.45, 2.75) is 32.4 Å². The fourth-order valence-corrected chi connectivity index (χ4v) is 3.79. The summed E-state index contributed by atoms with van der Waals surface area (Å²) < 4.78 is 16.6. The summed E-state index contributed by atoms with van der Waals surface area (Å²) in [7, 11) is 0. The van der Waals surface area contributed by atoms with Crippen LogP contribution in [0.5, 0.6) is 0 Å². The van der Waals surface area contributed by atoms with Gasteiger partial charge >= 0.3 is 0 Å². The molecule has 0 atom stereocenters. The van der Waals surface area contributed by atoms with Crippen molar-refractivity contribution in [2.75, 3.05) is 0 Å². The van der Waals surface area contributed by atoms with Crippen LogP contribution in [0.1, 0.15) is 33.8 Å². The van der Waals surface area contributed by atoms with Crippen molar-refractivity contribution < 1.29 is 9.18 Å². The van der Waals surface area contributed by atoms with Gasteiger partial charge in [0.05, 0.1) is 10.2 Å². The summed E-state index contributed by atoms with van der Waals surface area (Å²) in [5.74, 6) is -0.290. The van der Waals surface area contributed by atoms with Crippen molar-refractivity contribution in [3.05, 3.63) is 58.3 Å². The maximum absolute atomic E-state index is 13.5. The highest BCUT2D eigenvalue weighted by Crippen LogP contribution is 2.30. The Hall–Kier alpha value is -2.14. The Kier molecular flexibility index (Phi) is 3.45. The second-order valence-electron chi connectivity index (χ2n) is 6.10. The molecule has 0 unspecified atom stereocenters. The third kappa shape index (κ3) is 2.88. The number of carbonyl (C=O) groups excluding carboxylic acids is 1. The smallest absolute Gasteiger partial charge is 0.268 e. The summed E-state index contributed by atoms with van der Waals surface area (Å²) >= 11 is 1.68. The van der Waals surface area contributed by atoms with E-state index in [1.807, 2.05) is 16.7 Å². The number of rotatable bonds is 4. The summed E-state index contributed by atoms with van der Waals surface area (Å²) in [5.41, 5.74) is 2.55. The molecular formula is C18H17FN2OS. The SMILES string of the molecule is Cc1cc2c(cc(C(=O)NC3CC3)n2Cc2cccc(F)c2)s1. The minimum atomic E-state index is -0.253. The van der Waals surface area contributed by atoms with Crippen LogP contribution in [0.15, 0.2) is 36.4 Å². The van der Waals surface area contributed by atoms with Gasteiger partial charge in [0, 0.05) is 17.5 Å². The minimum absolute atomic E-state index is 0.0371. The Bertz CT molecular complexity index is 892. The average molecular weight is 328 g/mol. The molecule has 3 nitrogen and oxygen atoms in total. The Balaban J connectivity index is 1.75. The highest BCUT2D eigenvalue weighted by Gasteiger charge is 2.26. The van der Waals surface area contributed by atoms with E-state index in [9.17, 15) is 9.18 Å². The number of hydrogen-bond acceptors (Lipinski definition) is 2. The van der Waals surface area contributed by atoms with Gasteiger partial charge in [-0.1, -0.05) is 12.1 Å². The molecule has 1 aromatic carbocycles. The summed E-state index contributed by atoms with van der Waals surface area (Å²) in [5, 5.41) is 3.04. The van der Waals surface area contributed by atoms with Crippen LogP contribution in [0.2, 0.25) is 0 Å². The van der Waals surface area contributed by atoms with Crippen LogP contribution in [0, 0.1) is 12.7 Å². The number of carbonyl (C=O) groups is 1. The van der Waals surface area contributed by atoms with E-state index in [-0.39, 0.29) is 11.7 Å². The number of hydrogen-bond donors (Lipinski definition) is 1. The molecule has 5 heteroatoms. The van der Waals surface area contributed by atoms with Crippen molar-refractivity contribution in [1.82, 2.24) is 9.88 Å². The molecule has 1 fully saturated rings. The Labute approximate surface area is 137 Å². The van der Waals surface area contributed by atoms with E-state index in [1.165, 1.54) is 17.0 Å². The second kappa shape index (κ2) is 5.49. The van der Waals surface area contributed by atoms with Crippen LogP contribution in [-0.4, -0.2) is 16.5 Å². The van der Waals surface area contributed by atoms with Gasteiger partial charge in [0.2, 0.25) is 0 Å². The molecule has 1 aliphatic rings. The van der Waals surface area contributed by atoms with Crippen LogP contribution in [0.4, 0.5) is 4.39 Å². The first-order chi connectivity index (χ1) is 11.1. The topological polar surface area (TPSA) is 34.0 Å². The normalized spacial score (nSPS) is 14.3. The van der Waals surface area contributed by atoms with Crippen LogP contribution in [0.25, 0.3) is 10.2 Å². The number of aryl methyl sites for hydroxylation is 1. The fourth-order valence-electron chi connectivity index (χ4n) is 2.83. The van der Waals surface area contributed by atoms with Gasteiger partial charge in [0.1, 0.15) is 11.5 Å². The van der Waals surface area contributed by atoms with Crippen LogP contribution < -0.4 is 5.32 Å². The lowest BCUT2D eigenvalue weighted by molar-refractivity contribution is 0.0942. The number of aromatic nitrogens is 1. The molecule has 2 heterocycles. The van der Waals surface area contributed by atoms with Crippen LogP contribution in [-0.2, 0) is 6.54 Å². The molecule has 0 saturated heterocycles. The van der Waals surface area contributed by atoms with Gasteiger partial charge in [-0.05, 0) is 49.6 Å². The van der Waals surface area contributed by atoms with Crippen molar-refractivity contribution in [3.8, 4) is 0 Å². The molecule has 0 radical (unpaired) electrons. The van der Waals surface area contributed by atoms with E-state index >= 15 is 0 Å². The molecule has 1 aliphatic carbocycles. The third-order valence-corrected chi connectivity index (χ3v) is 5.07. The first-order valence-corrected chi connectivity index (χ1v) is 8.57. The number of thiophene rings is 1. The fraction of sp³-hybridized carbons (Fsp3) is 0.278. The maximum Gasteiger partial charge on any atom is 0.268 e. The van der Waals surface area contributed by atoms with Crippen molar-refractivity contribution >= 4 is 27.5 Å². The molecule has 2 aromatic heterocycles. The van der Waals surface area contributed by atoms with Crippen LogP contribution in [0.3, 0.4) is 0 Å². The summed E-state index contributed by atoms with van der Waals surface area (Å²) in [6.45, 7) is 2.55. The lowest BCUT2D eigenvalue weighted by Gasteiger charge is -2.11. The highest BCUT2D eigenvalue weighted by atomic mass is 32.1. The molecule has 0 spiro atoms. The lowest BCUT2D eigenvalue weighted by Crippen LogP contribution is -2.27. The predicted molar refractivity (Wildman–Crippen MR) is 90.5 cm³/mol. The van der Waals surface area contributed by atoms with Crippen LogP contribution >= 0.6 is 11.3 Å². The third-order valence-electron chi connectivity index (χ3n) is 4.09.